The molecule has 1 aliphatic rings. The highest BCUT2D eigenvalue weighted by Gasteiger charge is 2.30. The monoisotopic (exact) mass is 284 g/mol. The number of nitrogens with two attached hydrogens (primary N) is 1. The molecule has 1 aliphatic heterocycles. The minimum absolute atomic E-state index is 0.268. The molecule has 4 heteroatoms. The maximum Gasteiger partial charge on any atom is 0.235 e. The minimum atomic E-state index is -0.272. The number of hydrogen-bond donors (Lipinski definition) is 1. The van der Waals surface area contributed by atoms with Gasteiger partial charge in [0, 0.05) is 13.0 Å². The lowest BCUT2D eigenvalue weighted by molar-refractivity contribution is -0.124. The first-order valence-corrected chi connectivity index (χ1v) is 7.35. The Morgan fingerprint density at radius 3 is 2.62 bits per heavy atom. The predicted octanol–water partition coefficient (Wildman–Crippen LogP) is 2.25. The first-order valence-electron chi connectivity index (χ1n) is 7.35. The maximum atomic E-state index is 11.8. The molecular weight excluding hydrogens is 264 g/mol. The molecule has 3 rings (SSSR count). The van der Waals surface area contributed by atoms with Crippen molar-refractivity contribution < 1.29 is 9.21 Å². The summed E-state index contributed by atoms with van der Waals surface area (Å²) in [7, 11) is 0. The first kappa shape index (κ1) is 13.9. The second-order valence-corrected chi connectivity index (χ2v) is 5.52. The fourth-order valence-electron chi connectivity index (χ4n) is 2.92. The second kappa shape index (κ2) is 5.74. The van der Waals surface area contributed by atoms with E-state index >= 15 is 0 Å². The highest BCUT2D eigenvalue weighted by atomic mass is 16.3. The second-order valence-electron chi connectivity index (χ2n) is 5.52. The van der Waals surface area contributed by atoms with Crippen LogP contribution >= 0.6 is 0 Å². The van der Waals surface area contributed by atoms with Crippen molar-refractivity contribution in [3.8, 4) is 0 Å². The van der Waals surface area contributed by atoms with Crippen LogP contribution in [-0.4, -0.2) is 16.8 Å². The van der Waals surface area contributed by atoms with E-state index in [2.05, 4.69) is 24.0 Å². The van der Waals surface area contributed by atoms with Gasteiger partial charge in [0.1, 0.15) is 11.5 Å². The molecule has 0 spiro atoms. The molecule has 2 N–H and O–H groups in total. The molecule has 110 valence electrons. The number of fused-ring (bicyclic) bond motifs is 1. The Kier molecular flexibility index (Phi) is 3.80. The lowest BCUT2D eigenvalue weighted by Crippen LogP contribution is -2.47. The van der Waals surface area contributed by atoms with Gasteiger partial charge in [0.25, 0.3) is 0 Å². The van der Waals surface area contributed by atoms with Gasteiger partial charge in [-0.15, -0.1) is 0 Å². The van der Waals surface area contributed by atoms with Gasteiger partial charge in [-0.3, -0.25) is 9.69 Å². The number of primary amides is 1. The van der Waals surface area contributed by atoms with E-state index in [9.17, 15) is 4.79 Å². The lowest BCUT2D eigenvalue weighted by Gasteiger charge is -2.34. The van der Waals surface area contributed by atoms with Crippen molar-refractivity contribution >= 4 is 5.91 Å². The molecule has 0 aliphatic carbocycles. The molecule has 21 heavy (non-hydrogen) atoms. The largest absolute Gasteiger partial charge is 0.465 e. The number of hydrogen-bond acceptors (Lipinski definition) is 3. The van der Waals surface area contributed by atoms with Gasteiger partial charge in [-0.25, -0.2) is 0 Å². The summed E-state index contributed by atoms with van der Waals surface area (Å²) < 4.78 is 5.76. The van der Waals surface area contributed by atoms with E-state index in [0.717, 1.165) is 24.5 Å². The molecule has 1 amide bonds. The van der Waals surface area contributed by atoms with Gasteiger partial charge in [0.05, 0.1) is 12.6 Å². The van der Waals surface area contributed by atoms with Gasteiger partial charge < -0.3 is 10.2 Å². The number of benzene rings is 1. The van der Waals surface area contributed by atoms with E-state index in [1.165, 1.54) is 11.1 Å². The van der Waals surface area contributed by atoms with Crippen molar-refractivity contribution in [1.82, 2.24) is 4.90 Å². The standard InChI is InChI=1S/C17H20N2O2/c1-2-14-7-8-15(21-14)11-19-10-13-6-4-3-5-12(13)9-16(19)17(18)20/h3-8,16H,2,9-11H2,1H3,(H2,18,20)/t16-/m1/s1. The van der Waals surface area contributed by atoms with Crippen molar-refractivity contribution in [2.24, 2.45) is 5.73 Å². The average molecular weight is 284 g/mol. The number of amides is 1. The predicted molar refractivity (Wildman–Crippen MR) is 80.5 cm³/mol. The van der Waals surface area contributed by atoms with Gasteiger partial charge in [-0.05, 0) is 29.7 Å². The third-order valence-electron chi connectivity index (χ3n) is 4.10. The molecule has 1 aromatic carbocycles. The minimum Gasteiger partial charge on any atom is -0.465 e. The van der Waals surface area contributed by atoms with E-state index < -0.39 is 0 Å². The van der Waals surface area contributed by atoms with Gasteiger partial charge in [0.2, 0.25) is 5.91 Å². The molecule has 1 atom stereocenters. The Balaban J connectivity index is 1.83. The van der Waals surface area contributed by atoms with Crippen LogP contribution in [0.3, 0.4) is 0 Å². The van der Waals surface area contributed by atoms with E-state index in [1.54, 1.807) is 0 Å². The Morgan fingerprint density at radius 1 is 1.24 bits per heavy atom. The van der Waals surface area contributed by atoms with Crippen LogP contribution in [0.4, 0.5) is 0 Å². The zero-order valence-electron chi connectivity index (χ0n) is 12.2. The molecule has 0 fully saturated rings. The SMILES string of the molecule is CCc1ccc(CN2Cc3ccccc3C[C@@H]2C(N)=O)o1. The van der Waals surface area contributed by atoms with Gasteiger partial charge >= 0.3 is 0 Å². The van der Waals surface area contributed by atoms with Crippen LogP contribution in [0.25, 0.3) is 0 Å². The Hall–Kier alpha value is -2.07. The molecule has 0 bridgehead atoms. The summed E-state index contributed by atoms with van der Waals surface area (Å²) in [5.41, 5.74) is 8.06. The molecule has 1 aromatic heterocycles. The molecule has 0 saturated heterocycles. The molecule has 0 radical (unpaired) electrons. The van der Waals surface area contributed by atoms with E-state index in [-0.39, 0.29) is 11.9 Å². The zero-order chi connectivity index (χ0) is 14.8. The Labute approximate surface area is 124 Å². The summed E-state index contributed by atoms with van der Waals surface area (Å²) >= 11 is 0. The fraction of sp³-hybridized carbons (Fsp3) is 0.353. The number of furan rings is 1. The van der Waals surface area contributed by atoms with Crippen molar-refractivity contribution in [3.63, 3.8) is 0 Å². The number of rotatable bonds is 4. The van der Waals surface area contributed by atoms with Crippen molar-refractivity contribution in [3.05, 3.63) is 59.0 Å². The topological polar surface area (TPSA) is 59.5 Å². The fourth-order valence-corrected chi connectivity index (χ4v) is 2.92. The Bertz CT molecular complexity index is 648. The summed E-state index contributed by atoms with van der Waals surface area (Å²) in [5.74, 6) is 1.59. The number of carbonyl (C=O) groups is 1. The summed E-state index contributed by atoms with van der Waals surface area (Å²) in [4.78, 5) is 13.9. The highest BCUT2D eigenvalue weighted by Crippen LogP contribution is 2.25. The third kappa shape index (κ3) is 2.85. The van der Waals surface area contributed by atoms with Crippen molar-refractivity contribution in [2.75, 3.05) is 0 Å². The van der Waals surface area contributed by atoms with Crippen LogP contribution in [0.1, 0.15) is 29.6 Å². The molecule has 2 heterocycles. The maximum absolute atomic E-state index is 11.8. The normalized spacial score (nSPS) is 18.4. The average Bonchev–Trinajstić information content (AvgIpc) is 2.94. The number of nitrogens with zero attached hydrogens (tertiary/aromatic N) is 1. The molecule has 0 unspecified atom stereocenters. The lowest BCUT2D eigenvalue weighted by atomic mass is 9.93. The molecule has 2 aromatic rings. The van der Waals surface area contributed by atoms with Crippen molar-refractivity contribution in [2.45, 2.75) is 38.9 Å². The summed E-state index contributed by atoms with van der Waals surface area (Å²) in [6.45, 7) is 3.40. The molecular formula is C17H20N2O2. The number of aryl methyl sites for hydroxylation is 1. The third-order valence-corrected chi connectivity index (χ3v) is 4.10. The summed E-state index contributed by atoms with van der Waals surface area (Å²) in [6, 6.07) is 11.9. The van der Waals surface area contributed by atoms with Crippen LogP contribution in [0.15, 0.2) is 40.8 Å². The quantitative estimate of drug-likeness (QED) is 0.936. The zero-order valence-corrected chi connectivity index (χ0v) is 12.2. The van der Waals surface area contributed by atoms with Gasteiger partial charge in [-0.1, -0.05) is 31.2 Å². The number of carbonyl (C=O) groups excluding carboxylic acids is 1. The van der Waals surface area contributed by atoms with Crippen LogP contribution < -0.4 is 5.73 Å². The van der Waals surface area contributed by atoms with E-state index in [0.29, 0.717) is 13.0 Å². The van der Waals surface area contributed by atoms with Gasteiger partial charge in [0.15, 0.2) is 0 Å². The van der Waals surface area contributed by atoms with Crippen molar-refractivity contribution in [1.29, 1.82) is 0 Å². The molecule has 4 nitrogen and oxygen atoms in total. The first-order chi connectivity index (χ1) is 10.2. The van der Waals surface area contributed by atoms with Crippen LogP contribution in [0.5, 0.6) is 0 Å². The van der Waals surface area contributed by atoms with Crippen LogP contribution in [0, 0.1) is 0 Å². The van der Waals surface area contributed by atoms with Crippen LogP contribution in [0.2, 0.25) is 0 Å². The summed E-state index contributed by atoms with van der Waals surface area (Å²) in [5, 5.41) is 0. The molecule has 0 saturated carbocycles. The van der Waals surface area contributed by atoms with E-state index in [1.807, 2.05) is 24.3 Å². The van der Waals surface area contributed by atoms with Gasteiger partial charge in [-0.2, -0.15) is 0 Å². The van der Waals surface area contributed by atoms with Crippen LogP contribution in [-0.2, 0) is 30.7 Å². The summed E-state index contributed by atoms with van der Waals surface area (Å²) in [6.07, 6.45) is 1.55. The van der Waals surface area contributed by atoms with E-state index in [4.69, 9.17) is 10.2 Å². The Morgan fingerprint density at radius 2 is 1.95 bits per heavy atom. The highest BCUT2D eigenvalue weighted by molar-refractivity contribution is 5.80. The smallest absolute Gasteiger partial charge is 0.235 e.